The van der Waals surface area contributed by atoms with Crippen LogP contribution in [0.15, 0.2) is 36.7 Å². The number of rotatable bonds is 4. The molecule has 4 rings (SSSR count). The molecule has 2 aliphatic rings. The lowest BCUT2D eigenvalue weighted by Gasteiger charge is -2.25. The van der Waals surface area contributed by atoms with Gasteiger partial charge in [0.25, 0.3) is 5.91 Å². The lowest BCUT2D eigenvalue weighted by atomic mass is 9.80. The van der Waals surface area contributed by atoms with Crippen LogP contribution in [0.3, 0.4) is 0 Å². The van der Waals surface area contributed by atoms with Crippen molar-refractivity contribution in [2.45, 2.75) is 37.6 Å². The minimum atomic E-state index is -0.150. The predicted octanol–water partition coefficient (Wildman–Crippen LogP) is 2.50. The fourth-order valence-corrected chi connectivity index (χ4v) is 3.30. The number of carbonyl (C=O) groups excluding carboxylic acids is 1. The van der Waals surface area contributed by atoms with Crippen molar-refractivity contribution >= 4 is 5.91 Å². The van der Waals surface area contributed by atoms with Crippen LogP contribution in [0.1, 0.15) is 47.7 Å². The van der Waals surface area contributed by atoms with E-state index in [1.165, 1.54) is 24.8 Å². The molecule has 1 aromatic carbocycles. The number of aromatic nitrogens is 2. The Kier molecular flexibility index (Phi) is 4.26. The summed E-state index contributed by atoms with van der Waals surface area (Å²) in [6.07, 6.45) is 8.16. The van der Waals surface area contributed by atoms with E-state index in [4.69, 9.17) is 0 Å². The second-order valence-electron chi connectivity index (χ2n) is 6.70. The summed E-state index contributed by atoms with van der Waals surface area (Å²) in [5, 5.41) is 6.21. The number of benzene rings is 1. The molecule has 2 fully saturated rings. The molecule has 0 bridgehead atoms. The van der Waals surface area contributed by atoms with Crippen molar-refractivity contribution in [3.63, 3.8) is 0 Å². The Bertz CT molecular complexity index is 701. The van der Waals surface area contributed by atoms with Gasteiger partial charge in [0.05, 0.1) is 18.1 Å². The van der Waals surface area contributed by atoms with E-state index in [2.05, 4.69) is 44.9 Å². The van der Waals surface area contributed by atoms with Gasteiger partial charge in [-0.15, -0.1) is 0 Å². The molecule has 1 atom stereocenters. The fraction of sp³-hybridized carbons (Fsp3) is 0.421. The Morgan fingerprint density at radius 1 is 1.08 bits per heavy atom. The fourth-order valence-electron chi connectivity index (χ4n) is 3.30. The molecule has 1 aliphatic heterocycles. The number of carbonyl (C=O) groups is 1. The summed E-state index contributed by atoms with van der Waals surface area (Å²) in [6, 6.07) is 8.77. The van der Waals surface area contributed by atoms with Crippen LogP contribution in [0.4, 0.5) is 0 Å². The molecule has 1 saturated carbocycles. The minimum absolute atomic E-state index is 0.150. The third-order valence-corrected chi connectivity index (χ3v) is 5.06. The molecule has 5 heteroatoms. The summed E-state index contributed by atoms with van der Waals surface area (Å²) in [6.45, 7) is 1.77. The molecular formula is C19H22N4O. The maximum Gasteiger partial charge on any atom is 0.271 e. The smallest absolute Gasteiger partial charge is 0.271 e. The maximum atomic E-state index is 12.2. The molecule has 124 valence electrons. The van der Waals surface area contributed by atoms with Gasteiger partial charge in [-0.2, -0.15) is 0 Å². The highest BCUT2D eigenvalue weighted by Gasteiger charge is 2.20. The van der Waals surface area contributed by atoms with Crippen LogP contribution in [0.5, 0.6) is 0 Å². The summed E-state index contributed by atoms with van der Waals surface area (Å²) in [5.74, 6) is 0.587. The number of nitrogens with zero attached hydrogens (tertiary/aromatic N) is 2. The number of hydrogen-bond acceptors (Lipinski definition) is 4. The zero-order chi connectivity index (χ0) is 16.4. The highest BCUT2D eigenvalue weighted by molar-refractivity contribution is 5.92. The van der Waals surface area contributed by atoms with Crippen LogP contribution in [-0.2, 0) is 0 Å². The van der Waals surface area contributed by atoms with Gasteiger partial charge in [0.15, 0.2) is 0 Å². The molecule has 1 amide bonds. The average molecular weight is 322 g/mol. The van der Waals surface area contributed by atoms with Gasteiger partial charge in [0.1, 0.15) is 5.69 Å². The average Bonchev–Trinajstić information content (AvgIpc) is 3.07. The van der Waals surface area contributed by atoms with Gasteiger partial charge in [-0.05, 0) is 37.3 Å². The van der Waals surface area contributed by atoms with Crippen LogP contribution in [-0.4, -0.2) is 35.0 Å². The van der Waals surface area contributed by atoms with E-state index >= 15 is 0 Å². The third-order valence-electron chi connectivity index (χ3n) is 5.06. The molecule has 2 aromatic rings. The molecule has 0 radical (unpaired) electrons. The topological polar surface area (TPSA) is 66.9 Å². The van der Waals surface area contributed by atoms with Crippen molar-refractivity contribution in [1.82, 2.24) is 20.6 Å². The lowest BCUT2D eigenvalue weighted by molar-refractivity contribution is 0.0934. The maximum absolute atomic E-state index is 12.2. The first-order valence-electron chi connectivity index (χ1n) is 8.73. The normalized spacial score (nSPS) is 20.6. The Morgan fingerprint density at radius 3 is 2.50 bits per heavy atom. The van der Waals surface area contributed by atoms with E-state index in [0.717, 1.165) is 36.7 Å². The van der Waals surface area contributed by atoms with Gasteiger partial charge in [-0.3, -0.25) is 9.78 Å². The van der Waals surface area contributed by atoms with Crippen LogP contribution in [0.2, 0.25) is 0 Å². The highest BCUT2D eigenvalue weighted by Crippen LogP contribution is 2.36. The van der Waals surface area contributed by atoms with Gasteiger partial charge in [0, 0.05) is 18.2 Å². The largest absolute Gasteiger partial charge is 0.347 e. The summed E-state index contributed by atoms with van der Waals surface area (Å²) in [4.78, 5) is 20.9. The summed E-state index contributed by atoms with van der Waals surface area (Å²) in [5.41, 5.74) is 3.63. The molecule has 24 heavy (non-hydrogen) atoms. The van der Waals surface area contributed by atoms with Crippen molar-refractivity contribution < 1.29 is 4.79 Å². The minimum Gasteiger partial charge on any atom is -0.347 e. The van der Waals surface area contributed by atoms with Crippen molar-refractivity contribution in [1.29, 1.82) is 0 Å². The molecule has 1 saturated heterocycles. The molecule has 2 N–H and O–H groups in total. The monoisotopic (exact) mass is 322 g/mol. The van der Waals surface area contributed by atoms with Gasteiger partial charge in [-0.1, -0.05) is 30.7 Å². The number of nitrogens with one attached hydrogen (secondary N) is 2. The first kappa shape index (κ1) is 15.3. The number of amides is 1. The first-order valence-corrected chi connectivity index (χ1v) is 8.73. The van der Waals surface area contributed by atoms with Gasteiger partial charge in [0.2, 0.25) is 0 Å². The Hall–Kier alpha value is -2.27. The van der Waals surface area contributed by atoms with Crippen molar-refractivity contribution in [3.8, 4) is 11.3 Å². The van der Waals surface area contributed by atoms with Crippen LogP contribution >= 0.6 is 0 Å². The van der Waals surface area contributed by atoms with Gasteiger partial charge >= 0.3 is 0 Å². The standard InChI is InChI=1S/C19H22N4O/c24-19(23-16-8-9-20-10-16)18-12-21-17(11-22-18)15-6-4-14(5-7-15)13-2-1-3-13/h4-7,11-13,16,20H,1-3,8-10H2,(H,23,24). The quantitative estimate of drug-likeness (QED) is 0.907. The highest BCUT2D eigenvalue weighted by atomic mass is 16.1. The SMILES string of the molecule is O=C(NC1CCNC1)c1cnc(-c2ccc(C3CCC3)cc2)cn1. The van der Waals surface area contributed by atoms with Gasteiger partial charge < -0.3 is 10.6 Å². The van der Waals surface area contributed by atoms with E-state index < -0.39 is 0 Å². The van der Waals surface area contributed by atoms with Crippen LogP contribution in [0.25, 0.3) is 11.3 Å². The Morgan fingerprint density at radius 2 is 1.92 bits per heavy atom. The van der Waals surface area contributed by atoms with Gasteiger partial charge in [-0.25, -0.2) is 4.98 Å². The Balaban J connectivity index is 1.43. The van der Waals surface area contributed by atoms with Crippen LogP contribution in [0, 0.1) is 0 Å². The second kappa shape index (κ2) is 6.69. The zero-order valence-corrected chi connectivity index (χ0v) is 13.7. The molecule has 1 unspecified atom stereocenters. The molecule has 5 nitrogen and oxygen atoms in total. The van der Waals surface area contributed by atoms with Crippen molar-refractivity contribution in [3.05, 3.63) is 47.9 Å². The molecule has 1 aliphatic carbocycles. The van der Waals surface area contributed by atoms with Crippen molar-refractivity contribution in [2.75, 3.05) is 13.1 Å². The van der Waals surface area contributed by atoms with E-state index in [1.54, 1.807) is 12.4 Å². The van der Waals surface area contributed by atoms with E-state index in [1.807, 2.05) is 0 Å². The summed E-state index contributed by atoms with van der Waals surface area (Å²) in [7, 11) is 0. The lowest BCUT2D eigenvalue weighted by Crippen LogP contribution is -2.36. The predicted molar refractivity (Wildman–Crippen MR) is 92.8 cm³/mol. The molecule has 0 spiro atoms. The molecule has 1 aromatic heterocycles. The zero-order valence-electron chi connectivity index (χ0n) is 13.7. The van der Waals surface area contributed by atoms with E-state index in [-0.39, 0.29) is 11.9 Å². The molecular weight excluding hydrogens is 300 g/mol. The van der Waals surface area contributed by atoms with E-state index in [9.17, 15) is 4.79 Å². The first-order chi connectivity index (χ1) is 11.8. The van der Waals surface area contributed by atoms with E-state index in [0.29, 0.717) is 5.69 Å². The van der Waals surface area contributed by atoms with Crippen molar-refractivity contribution in [2.24, 2.45) is 0 Å². The summed E-state index contributed by atoms with van der Waals surface area (Å²) < 4.78 is 0. The number of hydrogen-bond donors (Lipinski definition) is 2. The Labute approximate surface area is 141 Å². The third kappa shape index (κ3) is 3.17. The summed E-state index contributed by atoms with van der Waals surface area (Å²) >= 11 is 0. The second-order valence-corrected chi connectivity index (χ2v) is 6.70. The van der Waals surface area contributed by atoms with Crippen LogP contribution < -0.4 is 10.6 Å². The molecule has 2 heterocycles.